The van der Waals surface area contributed by atoms with Crippen molar-refractivity contribution in [3.05, 3.63) is 10.1 Å². The number of hydrogen-bond donors (Lipinski definition) is 0. The van der Waals surface area contributed by atoms with Gasteiger partial charge in [-0.1, -0.05) is 19.8 Å². The van der Waals surface area contributed by atoms with Gasteiger partial charge < -0.3 is 4.84 Å². The van der Waals surface area contributed by atoms with Crippen molar-refractivity contribution in [1.29, 1.82) is 0 Å². The maximum absolute atomic E-state index is 9.96. The average molecular weight is 159 g/mol. The minimum absolute atomic E-state index is 0.145. The maximum Gasteiger partial charge on any atom is 0.294 e. The Balaban J connectivity index is 2.28. The lowest BCUT2D eigenvalue weighted by Crippen LogP contribution is -2.23. The molecule has 64 valence electrons. The Kier molecular flexibility index (Phi) is 2.68. The van der Waals surface area contributed by atoms with Crippen LogP contribution in [0.5, 0.6) is 0 Å². The zero-order chi connectivity index (χ0) is 8.27. The molecule has 1 rings (SSSR count). The Hall–Kier alpha value is -0.800. The fraction of sp³-hybridized carbons (Fsp3) is 1.00. The summed E-state index contributed by atoms with van der Waals surface area (Å²) in [7, 11) is 0. The molecule has 1 fully saturated rings. The van der Waals surface area contributed by atoms with Crippen LogP contribution in [0.25, 0.3) is 0 Å². The predicted octanol–water partition coefficient (Wildman–Crippen LogP) is 1.77. The van der Waals surface area contributed by atoms with Crippen molar-refractivity contribution in [3.8, 4) is 0 Å². The van der Waals surface area contributed by atoms with E-state index in [1.807, 2.05) is 0 Å². The van der Waals surface area contributed by atoms with Gasteiger partial charge >= 0.3 is 0 Å². The summed E-state index contributed by atoms with van der Waals surface area (Å²) < 4.78 is 0. The first kappa shape index (κ1) is 8.30. The van der Waals surface area contributed by atoms with Crippen LogP contribution in [0.1, 0.15) is 32.6 Å². The summed E-state index contributed by atoms with van der Waals surface area (Å²) in [5.74, 6) is 0.577. The second kappa shape index (κ2) is 3.55. The van der Waals surface area contributed by atoms with Crippen molar-refractivity contribution in [2.45, 2.75) is 38.7 Å². The van der Waals surface area contributed by atoms with Crippen LogP contribution >= 0.6 is 0 Å². The highest BCUT2D eigenvalue weighted by Crippen LogP contribution is 2.25. The highest BCUT2D eigenvalue weighted by atomic mass is 17.0. The van der Waals surface area contributed by atoms with Crippen LogP contribution in [-0.2, 0) is 4.84 Å². The van der Waals surface area contributed by atoms with Crippen molar-refractivity contribution in [3.63, 3.8) is 0 Å². The molecule has 0 aromatic carbocycles. The lowest BCUT2D eigenvalue weighted by molar-refractivity contribution is -0.769. The third kappa shape index (κ3) is 2.74. The van der Waals surface area contributed by atoms with Gasteiger partial charge in [0.1, 0.15) is 6.10 Å². The summed E-state index contributed by atoms with van der Waals surface area (Å²) >= 11 is 0. The lowest BCUT2D eigenvalue weighted by atomic mass is 9.89. The topological polar surface area (TPSA) is 52.4 Å². The fourth-order valence-corrected chi connectivity index (χ4v) is 1.60. The standard InChI is InChI=1S/C7H13NO3/c1-6-3-2-4-7(5-6)11-8(9)10/h6-7H,2-5H2,1H3. The third-order valence-corrected chi connectivity index (χ3v) is 2.12. The van der Waals surface area contributed by atoms with Gasteiger partial charge in [0.05, 0.1) is 0 Å². The summed E-state index contributed by atoms with van der Waals surface area (Å²) in [5.41, 5.74) is 0. The molecule has 0 aromatic rings. The number of hydrogen-bond acceptors (Lipinski definition) is 3. The van der Waals surface area contributed by atoms with Gasteiger partial charge in [-0.05, 0) is 18.8 Å². The van der Waals surface area contributed by atoms with E-state index in [9.17, 15) is 10.1 Å². The summed E-state index contributed by atoms with van der Waals surface area (Å²) in [5, 5.41) is 9.28. The molecule has 1 aliphatic rings. The van der Waals surface area contributed by atoms with Crippen molar-refractivity contribution in [1.82, 2.24) is 0 Å². The second-order valence-electron chi connectivity index (χ2n) is 3.22. The van der Waals surface area contributed by atoms with Crippen LogP contribution in [0, 0.1) is 16.0 Å². The molecular formula is C7H13NO3. The zero-order valence-electron chi connectivity index (χ0n) is 6.66. The molecule has 0 aromatic heterocycles. The molecule has 0 spiro atoms. The molecule has 0 N–H and O–H groups in total. The molecule has 0 heterocycles. The molecule has 0 amide bonds. The van der Waals surface area contributed by atoms with Gasteiger partial charge in [-0.3, -0.25) is 0 Å². The Morgan fingerprint density at radius 1 is 1.55 bits per heavy atom. The fourth-order valence-electron chi connectivity index (χ4n) is 1.60. The van der Waals surface area contributed by atoms with Crippen LogP contribution in [0.4, 0.5) is 0 Å². The zero-order valence-corrected chi connectivity index (χ0v) is 6.66. The molecule has 0 bridgehead atoms. The molecular weight excluding hydrogens is 146 g/mol. The Labute approximate surface area is 65.6 Å². The summed E-state index contributed by atoms with van der Waals surface area (Å²) in [4.78, 5) is 14.4. The normalized spacial score (nSPS) is 31.4. The SMILES string of the molecule is CC1CCCC(O[N+](=O)[O-])C1. The van der Waals surface area contributed by atoms with Crippen molar-refractivity contribution < 1.29 is 9.92 Å². The molecule has 1 aliphatic carbocycles. The summed E-state index contributed by atoms with van der Waals surface area (Å²) in [6, 6.07) is 0. The first-order valence-electron chi connectivity index (χ1n) is 3.99. The van der Waals surface area contributed by atoms with E-state index >= 15 is 0 Å². The second-order valence-corrected chi connectivity index (χ2v) is 3.22. The van der Waals surface area contributed by atoms with E-state index in [0.29, 0.717) is 5.92 Å². The maximum atomic E-state index is 9.96. The van der Waals surface area contributed by atoms with E-state index in [2.05, 4.69) is 11.8 Å². The van der Waals surface area contributed by atoms with E-state index < -0.39 is 5.09 Å². The quantitative estimate of drug-likeness (QED) is 0.455. The van der Waals surface area contributed by atoms with Crippen LogP contribution < -0.4 is 0 Å². The van der Waals surface area contributed by atoms with Crippen molar-refractivity contribution >= 4 is 0 Å². The Bertz CT molecular complexity index is 149. The minimum atomic E-state index is -0.678. The molecule has 1 saturated carbocycles. The van der Waals surface area contributed by atoms with Crippen molar-refractivity contribution in [2.75, 3.05) is 0 Å². The first-order chi connectivity index (χ1) is 5.18. The van der Waals surface area contributed by atoms with Crippen LogP contribution in [0.15, 0.2) is 0 Å². The van der Waals surface area contributed by atoms with E-state index in [0.717, 1.165) is 19.3 Å². The largest absolute Gasteiger partial charge is 0.311 e. The minimum Gasteiger partial charge on any atom is -0.311 e. The van der Waals surface area contributed by atoms with Gasteiger partial charge in [0, 0.05) is 0 Å². The Morgan fingerprint density at radius 3 is 2.82 bits per heavy atom. The van der Waals surface area contributed by atoms with Gasteiger partial charge in [0.15, 0.2) is 0 Å². The van der Waals surface area contributed by atoms with Gasteiger partial charge in [-0.25, -0.2) is 0 Å². The molecule has 11 heavy (non-hydrogen) atoms. The van der Waals surface area contributed by atoms with Crippen LogP contribution in [-0.4, -0.2) is 11.2 Å². The van der Waals surface area contributed by atoms with Gasteiger partial charge in [-0.2, -0.15) is 0 Å². The third-order valence-electron chi connectivity index (χ3n) is 2.12. The predicted molar refractivity (Wildman–Crippen MR) is 39.5 cm³/mol. The summed E-state index contributed by atoms with van der Waals surface area (Å²) in [6.07, 6.45) is 3.76. The molecule has 4 heteroatoms. The van der Waals surface area contributed by atoms with E-state index in [1.54, 1.807) is 0 Å². The van der Waals surface area contributed by atoms with Crippen LogP contribution in [0.3, 0.4) is 0 Å². The summed E-state index contributed by atoms with van der Waals surface area (Å²) in [6.45, 7) is 2.11. The van der Waals surface area contributed by atoms with Crippen molar-refractivity contribution in [2.24, 2.45) is 5.92 Å². The molecule has 0 radical (unpaired) electrons. The molecule has 2 atom stereocenters. The Morgan fingerprint density at radius 2 is 2.27 bits per heavy atom. The first-order valence-corrected chi connectivity index (χ1v) is 3.99. The molecule has 0 saturated heterocycles. The lowest BCUT2D eigenvalue weighted by Gasteiger charge is -2.24. The number of rotatable bonds is 2. The van der Waals surface area contributed by atoms with E-state index in [4.69, 9.17) is 0 Å². The van der Waals surface area contributed by atoms with E-state index in [1.165, 1.54) is 6.42 Å². The van der Waals surface area contributed by atoms with Gasteiger partial charge in [0.2, 0.25) is 0 Å². The highest BCUT2D eigenvalue weighted by Gasteiger charge is 2.21. The molecule has 2 unspecified atom stereocenters. The smallest absolute Gasteiger partial charge is 0.294 e. The average Bonchev–Trinajstić information content (AvgIpc) is 1.85. The van der Waals surface area contributed by atoms with E-state index in [-0.39, 0.29) is 6.10 Å². The monoisotopic (exact) mass is 159 g/mol. The van der Waals surface area contributed by atoms with Gasteiger partial charge in [0.25, 0.3) is 5.09 Å². The van der Waals surface area contributed by atoms with Gasteiger partial charge in [-0.15, -0.1) is 10.1 Å². The number of nitrogens with zero attached hydrogens (tertiary/aromatic N) is 1. The molecule has 4 nitrogen and oxygen atoms in total. The molecule has 0 aliphatic heterocycles. The highest BCUT2D eigenvalue weighted by molar-refractivity contribution is 4.69. The van der Waals surface area contributed by atoms with Crippen LogP contribution in [0.2, 0.25) is 0 Å².